The quantitative estimate of drug-likeness (QED) is 0.121. The van der Waals surface area contributed by atoms with E-state index >= 15 is 0 Å². The largest absolute Gasteiger partial charge is 0.490 e. The molecule has 5 aromatic rings. The summed E-state index contributed by atoms with van der Waals surface area (Å²) in [5, 5.41) is 2.96. The third kappa shape index (κ3) is 6.07. The molecule has 0 atom stereocenters. The second-order valence-electron chi connectivity index (χ2n) is 9.51. The minimum Gasteiger partial charge on any atom is -0.490 e. The summed E-state index contributed by atoms with van der Waals surface area (Å²) in [5.74, 6) is 1.21. The highest BCUT2D eigenvalue weighted by atomic mass is 127. The predicted molar refractivity (Wildman–Crippen MR) is 182 cm³/mol. The highest BCUT2D eigenvalue weighted by Gasteiger charge is 2.34. The van der Waals surface area contributed by atoms with Gasteiger partial charge in [0, 0.05) is 0 Å². The van der Waals surface area contributed by atoms with Crippen LogP contribution >= 0.6 is 34.4 Å². The van der Waals surface area contributed by atoms with Crippen molar-refractivity contribution >= 4 is 73.7 Å². The Morgan fingerprint density at radius 1 is 0.857 bits per heavy atom. The van der Waals surface area contributed by atoms with Crippen molar-refractivity contribution in [2.24, 2.45) is 4.99 Å². The predicted octanol–water partition coefficient (Wildman–Crippen LogP) is 9.23. The molecule has 0 spiro atoms. The lowest BCUT2D eigenvalue weighted by atomic mass is 10.1. The number of amidine groups is 1. The molecule has 1 saturated heterocycles. The van der Waals surface area contributed by atoms with Gasteiger partial charge in [0.05, 0.1) is 26.5 Å². The lowest BCUT2D eigenvalue weighted by molar-refractivity contribution is -0.113. The zero-order valence-corrected chi connectivity index (χ0v) is 25.8. The Balaban J connectivity index is 1.32. The number of carbonyl (C=O) groups is 1. The van der Waals surface area contributed by atoms with Crippen LogP contribution in [0.3, 0.4) is 0 Å². The number of aliphatic imine (C=N–C) groups is 1. The number of ether oxygens (including phenoxy) is 2. The summed E-state index contributed by atoms with van der Waals surface area (Å²) in [6.07, 6.45) is 1.90. The minimum absolute atomic E-state index is 0.120. The van der Waals surface area contributed by atoms with Crippen molar-refractivity contribution in [1.82, 2.24) is 0 Å². The average molecular weight is 683 g/mol. The number of anilines is 1. The van der Waals surface area contributed by atoms with Crippen LogP contribution in [0.1, 0.15) is 18.1 Å². The Labute approximate surface area is 263 Å². The topological polar surface area (TPSA) is 51.1 Å². The van der Waals surface area contributed by atoms with Gasteiger partial charge in [-0.2, -0.15) is 0 Å². The number of hydrogen-bond donors (Lipinski definition) is 0. The normalized spacial score (nSPS) is 15.1. The molecular formula is C35H27IN2O3S. The van der Waals surface area contributed by atoms with E-state index in [4.69, 9.17) is 14.5 Å². The fourth-order valence-electron chi connectivity index (χ4n) is 4.76. The van der Waals surface area contributed by atoms with Crippen LogP contribution < -0.4 is 14.4 Å². The van der Waals surface area contributed by atoms with Gasteiger partial charge >= 0.3 is 0 Å². The van der Waals surface area contributed by atoms with E-state index in [0.717, 1.165) is 26.1 Å². The molecule has 7 heteroatoms. The molecule has 0 saturated carbocycles. The van der Waals surface area contributed by atoms with Gasteiger partial charge in [-0.1, -0.05) is 78.9 Å². The van der Waals surface area contributed by atoms with E-state index in [1.165, 1.54) is 22.5 Å². The number of para-hydroxylation sites is 2. The van der Waals surface area contributed by atoms with Crippen molar-refractivity contribution in [1.29, 1.82) is 0 Å². The van der Waals surface area contributed by atoms with Crippen LogP contribution in [0.4, 0.5) is 11.4 Å². The van der Waals surface area contributed by atoms with Crippen molar-refractivity contribution < 1.29 is 14.3 Å². The molecular weight excluding hydrogens is 655 g/mol. The van der Waals surface area contributed by atoms with E-state index in [1.807, 2.05) is 97.9 Å². The standard InChI is InChI=1S/C35H27IN2O3S/c1-2-40-31-21-24(20-30(36)33(31)41-23-26-14-11-13-25-12-9-10-19-29(25)26)22-32-34(39)38(28-17-7-4-8-18-28)35(42-32)37-27-15-5-3-6-16-27/h3-22H,2,23H2,1H3/b32-22+,37-35?. The Hall–Kier alpha value is -4.08. The van der Waals surface area contributed by atoms with Gasteiger partial charge in [-0.05, 0) is 106 Å². The van der Waals surface area contributed by atoms with E-state index in [2.05, 4.69) is 52.9 Å². The fraction of sp³-hybridized carbons (Fsp3) is 0.0857. The molecule has 0 aromatic heterocycles. The van der Waals surface area contributed by atoms with Crippen molar-refractivity contribution in [3.8, 4) is 11.5 Å². The summed E-state index contributed by atoms with van der Waals surface area (Å²) in [7, 11) is 0. The van der Waals surface area contributed by atoms with E-state index in [9.17, 15) is 4.79 Å². The molecule has 42 heavy (non-hydrogen) atoms. The highest BCUT2D eigenvalue weighted by Crippen LogP contribution is 2.40. The molecule has 1 aliphatic heterocycles. The average Bonchev–Trinajstić information content (AvgIpc) is 3.31. The van der Waals surface area contributed by atoms with Crippen molar-refractivity contribution in [2.75, 3.05) is 11.5 Å². The first-order valence-electron chi connectivity index (χ1n) is 13.6. The number of fused-ring (bicyclic) bond motifs is 1. The van der Waals surface area contributed by atoms with E-state index in [-0.39, 0.29) is 5.91 Å². The lowest BCUT2D eigenvalue weighted by Gasteiger charge is -2.16. The van der Waals surface area contributed by atoms with Crippen LogP contribution in [0.2, 0.25) is 0 Å². The van der Waals surface area contributed by atoms with Crippen molar-refractivity contribution in [2.45, 2.75) is 13.5 Å². The van der Waals surface area contributed by atoms with Crippen molar-refractivity contribution in [3.63, 3.8) is 0 Å². The van der Waals surface area contributed by atoms with Gasteiger partial charge in [0.15, 0.2) is 16.7 Å². The summed E-state index contributed by atoms with van der Waals surface area (Å²) >= 11 is 3.64. The Bertz CT molecular complexity index is 1800. The zero-order valence-electron chi connectivity index (χ0n) is 22.9. The lowest BCUT2D eigenvalue weighted by Crippen LogP contribution is -2.28. The van der Waals surface area contributed by atoms with Gasteiger partial charge in [0.1, 0.15) is 6.61 Å². The SMILES string of the molecule is CCOc1cc(/C=C2/SC(=Nc3ccccc3)N(c3ccccc3)C2=O)cc(I)c1OCc1cccc2ccccc12. The van der Waals surface area contributed by atoms with Gasteiger partial charge in [-0.25, -0.2) is 4.99 Å². The number of nitrogens with zero attached hydrogens (tertiary/aromatic N) is 2. The summed E-state index contributed by atoms with van der Waals surface area (Å²) < 4.78 is 13.3. The Morgan fingerprint density at radius 3 is 2.36 bits per heavy atom. The van der Waals surface area contributed by atoms with Gasteiger partial charge in [-0.15, -0.1) is 0 Å². The van der Waals surface area contributed by atoms with Gasteiger partial charge in [0.2, 0.25) is 0 Å². The third-order valence-electron chi connectivity index (χ3n) is 6.68. The highest BCUT2D eigenvalue weighted by molar-refractivity contribution is 14.1. The molecule has 1 amide bonds. The summed E-state index contributed by atoms with van der Waals surface area (Å²) in [4.78, 5) is 20.8. The summed E-state index contributed by atoms with van der Waals surface area (Å²) in [6, 6.07) is 37.8. The van der Waals surface area contributed by atoms with Crippen LogP contribution in [0.25, 0.3) is 16.8 Å². The number of hydrogen-bond acceptors (Lipinski definition) is 5. The van der Waals surface area contributed by atoms with Crippen LogP contribution in [0.15, 0.2) is 125 Å². The molecule has 0 N–H and O–H groups in total. The smallest absolute Gasteiger partial charge is 0.271 e. The first-order valence-corrected chi connectivity index (χ1v) is 15.5. The Morgan fingerprint density at radius 2 is 1.57 bits per heavy atom. The molecule has 6 rings (SSSR count). The summed E-state index contributed by atoms with van der Waals surface area (Å²) in [5.41, 5.74) is 3.52. The third-order valence-corrected chi connectivity index (χ3v) is 8.45. The second kappa shape index (κ2) is 12.8. The maximum absolute atomic E-state index is 13.7. The molecule has 5 aromatic carbocycles. The summed E-state index contributed by atoms with van der Waals surface area (Å²) in [6.45, 7) is 2.86. The first kappa shape index (κ1) is 28.1. The molecule has 0 bridgehead atoms. The number of rotatable bonds is 8. The second-order valence-corrected chi connectivity index (χ2v) is 11.7. The fourth-order valence-corrected chi connectivity index (χ4v) is 6.54. The number of halogens is 1. The number of amides is 1. The molecule has 0 aliphatic carbocycles. The molecule has 0 unspecified atom stereocenters. The molecule has 5 nitrogen and oxygen atoms in total. The van der Waals surface area contributed by atoms with E-state index in [0.29, 0.717) is 34.8 Å². The molecule has 1 fully saturated rings. The van der Waals surface area contributed by atoms with Crippen LogP contribution in [0, 0.1) is 3.57 Å². The van der Waals surface area contributed by atoms with Gasteiger partial charge < -0.3 is 9.47 Å². The number of thioether (sulfide) groups is 1. The molecule has 0 radical (unpaired) electrons. The minimum atomic E-state index is -0.120. The van der Waals surface area contributed by atoms with Gasteiger partial charge in [0.25, 0.3) is 5.91 Å². The maximum Gasteiger partial charge on any atom is 0.271 e. The monoisotopic (exact) mass is 682 g/mol. The van der Waals surface area contributed by atoms with Crippen molar-refractivity contribution in [3.05, 3.63) is 135 Å². The first-order chi connectivity index (χ1) is 20.6. The Kier molecular flexibility index (Phi) is 8.58. The van der Waals surface area contributed by atoms with E-state index in [1.54, 1.807) is 4.90 Å². The number of benzene rings is 5. The van der Waals surface area contributed by atoms with Crippen LogP contribution in [-0.2, 0) is 11.4 Å². The van der Waals surface area contributed by atoms with Gasteiger partial charge in [-0.3, -0.25) is 9.69 Å². The van der Waals surface area contributed by atoms with Crippen LogP contribution in [-0.4, -0.2) is 17.7 Å². The van der Waals surface area contributed by atoms with E-state index < -0.39 is 0 Å². The van der Waals surface area contributed by atoms with Crippen LogP contribution in [0.5, 0.6) is 11.5 Å². The maximum atomic E-state index is 13.7. The number of carbonyl (C=O) groups excluding carboxylic acids is 1. The molecule has 1 aliphatic rings. The molecule has 1 heterocycles. The zero-order chi connectivity index (χ0) is 28.9. The molecule has 208 valence electrons.